The van der Waals surface area contributed by atoms with Crippen molar-refractivity contribution in [3.63, 3.8) is 0 Å². The van der Waals surface area contributed by atoms with E-state index in [0.29, 0.717) is 6.54 Å². The van der Waals surface area contributed by atoms with Crippen molar-refractivity contribution < 1.29 is 18.3 Å². The number of likely N-dealkylation sites (tertiary alicyclic amines) is 1. The molecule has 0 spiro atoms. The largest absolute Gasteiger partial charge is 0.480 e. The Morgan fingerprint density at radius 2 is 1.80 bits per heavy atom. The summed E-state index contributed by atoms with van der Waals surface area (Å²) in [4.78, 5) is 12.4. The van der Waals surface area contributed by atoms with Gasteiger partial charge in [0, 0.05) is 6.54 Å². The number of sulfone groups is 1. The highest BCUT2D eigenvalue weighted by atomic mass is 32.2. The lowest BCUT2D eigenvalue weighted by molar-refractivity contribution is -0.134. The molecule has 0 atom stereocenters. The van der Waals surface area contributed by atoms with Crippen LogP contribution in [0, 0.1) is 0 Å². The Kier molecular flexibility index (Phi) is 4.53. The normalized spacial score (nSPS) is 18.9. The van der Waals surface area contributed by atoms with E-state index in [1.807, 2.05) is 0 Å². The van der Waals surface area contributed by atoms with Crippen molar-refractivity contribution in [2.75, 3.05) is 31.1 Å². The molecule has 0 amide bonds. The second-order valence-electron chi connectivity index (χ2n) is 3.89. The topological polar surface area (TPSA) is 74.7 Å². The highest BCUT2D eigenvalue weighted by Crippen LogP contribution is 2.08. The third kappa shape index (κ3) is 5.13. The molecule has 0 unspecified atom stereocenters. The first-order valence-electron chi connectivity index (χ1n) is 5.14. The summed E-state index contributed by atoms with van der Waals surface area (Å²) < 4.78 is 22.6. The van der Waals surface area contributed by atoms with Crippen LogP contribution in [0.2, 0.25) is 0 Å². The molecule has 1 aliphatic heterocycles. The van der Waals surface area contributed by atoms with Crippen molar-refractivity contribution >= 4 is 15.8 Å². The van der Waals surface area contributed by atoms with Crippen LogP contribution in [-0.2, 0) is 14.6 Å². The Morgan fingerprint density at radius 3 is 2.33 bits per heavy atom. The van der Waals surface area contributed by atoms with Gasteiger partial charge in [-0.1, -0.05) is 6.42 Å². The summed E-state index contributed by atoms with van der Waals surface area (Å²) in [7, 11) is -3.42. The Morgan fingerprint density at radius 1 is 1.20 bits per heavy atom. The summed E-state index contributed by atoms with van der Waals surface area (Å²) in [6.45, 7) is 2.33. The number of carboxylic acids is 1. The second-order valence-corrected chi connectivity index (χ2v) is 6.07. The lowest BCUT2D eigenvalue weighted by Gasteiger charge is -2.25. The van der Waals surface area contributed by atoms with Crippen molar-refractivity contribution in [3.8, 4) is 0 Å². The maximum atomic E-state index is 11.3. The van der Waals surface area contributed by atoms with E-state index in [2.05, 4.69) is 4.90 Å². The summed E-state index contributed by atoms with van der Waals surface area (Å²) >= 11 is 0. The minimum absolute atomic E-state index is 0.0424. The van der Waals surface area contributed by atoms with Gasteiger partial charge in [-0.3, -0.25) is 4.79 Å². The average molecular weight is 235 g/mol. The van der Waals surface area contributed by atoms with Crippen molar-refractivity contribution in [3.05, 3.63) is 0 Å². The van der Waals surface area contributed by atoms with E-state index in [9.17, 15) is 13.2 Å². The SMILES string of the molecule is O=C(O)CS(=O)(=O)CCN1CCCCC1. The molecule has 0 radical (unpaired) electrons. The van der Waals surface area contributed by atoms with E-state index in [1.165, 1.54) is 6.42 Å². The van der Waals surface area contributed by atoms with Gasteiger partial charge in [0.1, 0.15) is 5.75 Å². The number of nitrogens with zero attached hydrogens (tertiary/aromatic N) is 1. The highest BCUT2D eigenvalue weighted by Gasteiger charge is 2.18. The Balaban J connectivity index is 2.31. The van der Waals surface area contributed by atoms with E-state index in [4.69, 9.17) is 5.11 Å². The van der Waals surface area contributed by atoms with Crippen LogP contribution in [0.25, 0.3) is 0 Å². The number of hydrogen-bond donors (Lipinski definition) is 1. The zero-order chi connectivity index (χ0) is 11.3. The molecule has 1 fully saturated rings. The quantitative estimate of drug-likeness (QED) is 0.724. The fraction of sp³-hybridized carbons (Fsp3) is 0.889. The second kappa shape index (κ2) is 5.46. The van der Waals surface area contributed by atoms with E-state index in [1.54, 1.807) is 0 Å². The minimum Gasteiger partial charge on any atom is -0.480 e. The predicted octanol–water partition coefficient (Wildman–Crippen LogP) is -0.0283. The molecule has 6 heteroatoms. The number of rotatable bonds is 5. The van der Waals surface area contributed by atoms with Crippen LogP contribution in [-0.4, -0.2) is 55.5 Å². The number of piperidine rings is 1. The zero-order valence-electron chi connectivity index (χ0n) is 8.68. The van der Waals surface area contributed by atoms with Crippen molar-refractivity contribution in [2.24, 2.45) is 0 Å². The van der Waals surface area contributed by atoms with Crippen molar-refractivity contribution in [1.29, 1.82) is 0 Å². The van der Waals surface area contributed by atoms with Crippen molar-refractivity contribution in [1.82, 2.24) is 4.90 Å². The average Bonchev–Trinajstić information content (AvgIpc) is 2.15. The summed E-state index contributed by atoms with van der Waals surface area (Å²) in [6.07, 6.45) is 3.43. The van der Waals surface area contributed by atoms with Crippen LogP contribution in [0.1, 0.15) is 19.3 Å². The highest BCUT2D eigenvalue weighted by molar-refractivity contribution is 7.92. The molecule has 0 aromatic carbocycles. The summed E-state index contributed by atoms with van der Waals surface area (Å²) in [5.74, 6) is -2.06. The van der Waals surface area contributed by atoms with Crippen LogP contribution in [0.3, 0.4) is 0 Å². The van der Waals surface area contributed by atoms with E-state index in [0.717, 1.165) is 25.9 Å². The molecule has 0 saturated carbocycles. The molecule has 1 aliphatic rings. The molecule has 0 aliphatic carbocycles. The third-order valence-electron chi connectivity index (χ3n) is 2.51. The first-order chi connectivity index (χ1) is 6.99. The maximum absolute atomic E-state index is 11.3. The van der Waals surface area contributed by atoms with Gasteiger partial charge >= 0.3 is 5.97 Å². The molecule has 5 nitrogen and oxygen atoms in total. The van der Waals surface area contributed by atoms with E-state index in [-0.39, 0.29) is 5.75 Å². The van der Waals surface area contributed by atoms with E-state index < -0.39 is 21.6 Å². The lowest BCUT2D eigenvalue weighted by Crippen LogP contribution is -2.35. The van der Waals surface area contributed by atoms with Crippen LogP contribution < -0.4 is 0 Å². The Bertz CT molecular complexity index is 306. The summed E-state index contributed by atoms with van der Waals surface area (Å²) in [6, 6.07) is 0. The van der Waals surface area contributed by atoms with E-state index >= 15 is 0 Å². The number of hydrogen-bond acceptors (Lipinski definition) is 4. The van der Waals surface area contributed by atoms with Gasteiger partial charge in [-0.05, 0) is 25.9 Å². The Labute approximate surface area is 90.0 Å². The summed E-state index contributed by atoms with van der Waals surface area (Å²) in [5.41, 5.74) is 0. The zero-order valence-corrected chi connectivity index (χ0v) is 9.50. The molecule has 0 aromatic heterocycles. The van der Waals surface area contributed by atoms with Crippen LogP contribution in [0.15, 0.2) is 0 Å². The minimum atomic E-state index is -3.42. The van der Waals surface area contributed by atoms with Gasteiger partial charge in [0.2, 0.25) is 0 Å². The van der Waals surface area contributed by atoms with Gasteiger partial charge in [0.15, 0.2) is 9.84 Å². The molecule has 1 heterocycles. The number of aliphatic carboxylic acids is 1. The molecule has 88 valence electrons. The summed E-state index contributed by atoms with van der Waals surface area (Å²) in [5, 5.41) is 8.39. The molecule has 1 rings (SSSR count). The Hall–Kier alpha value is -0.620. The van der Waals surface area contributed by atoms with Crippen LogP contribution in [0.4, 0.5) is 0 Å². The molecule has 0 bridgehead atoms. The molecule has 1 N–H and O–H groups in total. The first kappa shape index (κ1) is 12.4. The van der Waals surface area contributed by atoms with Gasteiger partial charge in [0.25, 0.3) is 0 Å². The molecule has 0 aromatic rings. The predicted molar refractivity (Wildman–Crippen MR) is 56.6 cm³/mol. The fourth-order valence-corrected chi connectivity index (χ4v) is 2.77. The van der Waals surface area contributed by atoms with Crippen LogP contribution in [0.5, 0.6) is 0 Å². The number of carbonyl (C=O) groups is 1. The van der Waals surface area contributed by atoms with Gasteiger partial charge in [-0.2, -0.15) is 0 Å². The fourth-order valence-electron chi connectivity index (χ4n) is 1.71. The lowest BCUT2D eigenvalue weighted by atomic mass is 10.1. The first-order valence-corrected chi connectivity index (χ1v) is 6.96. The van der Waals surface area contributed by atoms with Gasteiger partial charge in [0.05, 0.1) is 5.75 Å². The van der Waals surface area contributed by atoms with Crippen LogP contribution >= 0.6 is 0 Å². The molecule has 1 saturated heterocycles. The standard InChI is InChI=1S/C9H17NO4S/c11-9(12)8-15(13,14)7-6-10-4-2-1-3-5-10/h1-8H2,(H,11,12). The monoisotopic (exact) mass is 235 g/mol. The maximum Gasteiger partial charge on any atom is 0.318 e. The van der Waals surface area contributed by atoms with Crippen molar-refractivity contribution in [2.45, 2.75) is 19.3 Å². The van der Waals surface area contributed by atoms with Gasteiger partial charge in [-0.25, -0.2) is 8.42 Å². The molecule has 15 heavy (non-hydrogen) atoms. The smallest absolute Gasteiger partial charge is 0.318 e. The molecular weight excluding hydrogens is 218 g/mol. The van der Waals surface area contributed by atoms with Gasteiger partial charge in [-0.15, -0.1) is 0 Å². The number of carboxylic acid groups (broad SMARTS) is 1. The third-order valence-corrected chi connectivity index (χ3v) is 4.00. The van der Waals surface area contributed by atoms with Gasteiger partial charge < -0.3 is 10.0 Å². The molecular formula is C9H17NO4S.